The Labute approximate surface area is 88.7 Å². The van der Waals surface area contributed by atoms with Gasteiger partial charge in [0.2, 0.25) is 0 Å². The smallest absolute Gasteiger partial charge is 0.409 e. The second-order valence-electron chi connectivity index (χ2n) is 2.94. The van der Waals surface area contributed by atoms with Gasteiger partial charge < -0.3 is 15.8 Å². The number of nitrogens with one attached hydrogen (secondary N) is 2. The Kier molecular flexibility index (Phi) is 4.43. The summed E-state index contributed by atoms with van der Waals surface area (Å²) in [5.41, 5.74) is 6.17. The maximum atomic E-state index is 10.8. The molecular weight excluding hydrogens is 194 g/mol. The van der Waals surface area contributed by atoms with Gasteiger partial charge in [0.1, 0.15) is 12.8 Å². The van der Waals surface area contributed by atoms with E-state index in [9.17, 15) is 4.79 Å². The van der Waals surface area contributed by atoms with E-state index in [2.05, 4.69) is 17.2 Å². The Balaban J connectivity index is 2.51. The fourth-order valence-electron chi connectivity index (χ4n) is 1.14. The molecule has 0 radical (unpaired) electrons. The zero-order valence-electron chi connectivity index (χ0n) is 8.40. The molecule has 5 nitrogen and oxygen atoms in total. The van der Waals surface area contributed by atoms with Crippen molar-refractivity contribution in [2.45, 2.75) is 6.17 Å². The standard InChI is InChI=1S/C10H15N3O2/c1-2-4-8(5-3-6-11)12-9-7-15-10(14)13-9/h2-5,9,12H,1,6-7,11H2,(H,13,14)/b5-3-,8-4+. The van der Waals surface area contributed by atoms with Crippen molar-refractivity contribution in [1.29, 1.82) is 0 Å². The first-order valence-electron chi connectivity index (χ1n) is 4.65. The van der Waals surface area contributed by atoms with Crippen molar-refractivity contribution in [3.8, 4) is 0 Å². The molecule has 1 rings (SSSR count). The Morgan fingerprint density at radius 1 is 1.80 bits per heavy atom. The van der Waals surface area contributed by atoms with Gasteiger partial charge in [0, 0.05) is 12.2 Å². The van der Waals surface area contributed by atoms with Gasteiger partial charge in [0.25, 0.3) is 0 Å². The molecule has 0 saturated carbocycles. The molecule has 0 aromatic heterocycles. The van der Waals surface area contributed by atoms with Crippen LogP contribution in [0.5, 0.6) is 0 Å². The van der Waals surface area contributed by atoms with E-state index in [1.54, 1.807) is 18.2 Å². The molecule has 0 aromatic carbocycles. The molecular formula is C10H15N3O2. The minimum atomic E-state index is -0.409. The zero-order chi connectivity index (χ0) is 11.1. The molecule has 1 fully saturated rings. The van der Waals surface area contributed by atoms with Gasteiger partial charge in [-0.15, -0.1) is 0 Å². The zero-order valence-corrected chi connectivity index (χ0v) is 8.40. The van der Waals surface area contributed by atoms with E-state index in [1.165, 1.54) is 0 Å². The fraction of sp³-hybridized carbons (Fsp3) is 0.300. The molecule has 1 atom stereocenters. The normalized spacial score (nSPS) is 21.3. The first-order chi connectivity index (χ1) is 7.26. The average molecular weight is 209 g/mol. The van der Waals surface area contributed by atoms with Crippen LogP contribution in [0.4, 0.5) is 4.79 Å². The summed E-state index contributed by atoms with van der Waals surface area (Å²) in [6.07, 6.45) is 6.46. The van der Waals surface area contributed by atoms with E-state index in [0.29, 0.717) is 13.2 Å². The SMILES string of the molecule is C=C/C=C(\C=C/CN)NC1COC(=O)N1. The topological polar surface area (TPSA) is 76.4 Å². The van der Waals surface area contributed by atoms with E-state index >= 15 is 0 Å². The molecule has 4 N–H and O–H groups in total. The van der Waals surface area contributed by atoms with Gasteiger partial charge in [0.05, 0.1) is 0 Å². The molecule has 1 aliphatic rings. The lowest BCUT2D eigenvalue weighted by atomic mass is 10.3. The van der Waals surface area contributed by atoms with Crippen LogP contribution in [0, 0.1) is 0 Å². The lowest BCUT2D eigenvalue weighted by Gasteiger charge is -2.11. The molecule has 82 valence electrons. The summed E-state index contributed by atoms with van der Waals surface area (Å²) in [5.74, 6) is 0. The molecule has 15 heavy (non-hydrogen) atoms. The highest BCUT2D eigenvalue weighted by Crippen LogP contribution is 1.99. The van der Waals surface area contributed by atoms with Gasteiger partial charge in [-0.3, -0.25) is 5.32 Å². The van der Waals surface area contributed by atoms with Crippen molar-refractivity contribution in [2.24, 2.45) is 5.73 Å². The summed E-state index contributed by atoms with van der Waals surface area (Å²) >= 11 is 0. The van der Waals surface area contributed by atoms with Crippen molar-refractivity contribution in [2.75, 3.05) is 13.2 Å². The summed E-state index contributed by atoms with van der Waals surface area (Å²) in [6.45, 7) is 4.37. The van der Waals surface area contributed by atoms with E-state index < -0.39 is 6.09 Å². The van der Waals surface area contributed by atoms with Crippen molar-refractivity contribution in [3.05, 3.63) is 36.6 Å². The van der Waals surface area contributed by atoms with Crippen LogP contribution in [0.1, 0.15) is 0 Å². The van der Waals surface area contributed by atoms with Crippen molar-refractivity contribution >= 4 is 6.09 Å². The van der Waals surface area contributed by atoms with Gasteiger partial charge in [-0.25, -0.2) is 4.79 Å². The third kappa shape index (κ3) is 3.86. The maximum Gasteiger partial charge on any atom is 0.409 e. The van der Waals surface area contributed by atoms with Gasteiger partial charge in [0.15, 0.2) is 0 Å². The van der Waals surface area contributed by atoms with Crippen LogP contribution >= 0.6 is 0 Å². The third-order valence-electron chi connectivity index (χ3n) is 1.74. The number of nitrogens with two attached hydrogens (primary N) is 1. The van der Waals surface area contributed by atoms with Gasteiger partial charge in [-0.05, 0) is 12.2 Å². The van der Waals surface area contributed by atoms with Crippen molar-refractivity contribution in [1.82, 2.24) is 10.6 Å². The Hall–Kier alpha value is -1.75. The minimum Gasteiger partial charge on any atom is -0.445 e. The Morgan fingerprint density at radius 3 is 3.13 bits per heavy atom. The Bertz CT molecular complexity index is 297. The van der Waals surface area contributed by atoms with E-state index in [0.717, 1.165) is 5.70 Å². The largest absolute Gasteiger partial charge is 0.445 e. The molecule has 1 saturated heterocycles. The molecule has 0 aliphatic carbocycles. The van der Waals surface area contributed by atoms with Crippen LogP contribution in [0.15, 0.2) is 36.6 Å². The summed E-state index contributed by atoms with van der Waals surface area (Å²) in [6, 6.07) is 0. The summed E-state index contributed by atoms with van der Waals surface area (Å²) in [4.78, 5) is 10.8. The predicted octanol–water partition coefficient (Wildman–Crippen LogP) is 0.227. The van der Waals surface area contributed by atoms with Gasteiger partial charge in [-0.1, -0.05) is 18.7 Å². The first kappa shape index (κ1) is 11.3. The summed E-state index contributed by atoms with van der Waals surface area (Å²) < 4.78 is 4.73. The molecule has 1 unspecified atom stereocenters. The number of amides is 1. The number of carbonyl (C=O) groups is 1. The van der Waals surface area contributed by atoms with Crippen LogP contribution in [-0.4, -0.2) is 25.4 Å². The van der Waals surface area contributed by atoms with Gasteiger partial charge >= 0.3 is 6.09 Å². The third-order valence-corrected chi connectivity index (χ3v) is 1.74. The maximum absolute atomic E-state index is 10.8. The molecule has 1 heterocycles. The molecule has 5 heteroatoms. The number of hydrogen-bond donors (Lipinski definition) is 3. The predicted molar refractivity (Wildman–Crippen MR) is 57.9 cm³/mol. The fourth-order valence-corrected chi connectivity index (χ4v) is 1.14. The highest BCUT2D eigenvalue weighted by molar-refractivity contribution is 5.69. The molecule has 1 amide bonds. The van der Waals surface area contributed by atoms with E-state index in [1.807, 2.05) is 6.08 Å². The second-order valence-corrected chi connectivity index (χ2v) is 2.94. The summed E-state index contributed by atoms with van der Waals surface area (Å²) in [7, 11) is 0. The second kappa shape index (κ2) is 5.87. The minimum absolute atomic E-state index is 0.203. The summed E-state index contributed by atoms with van der Waals surface area (Å²) in [5, 5.41) is 5.68. The number of ether oxygens (including phenoxy) is 1. The van der Waals surface area contributed by atoms with Crippen molar-refractivity contribution < 1.29 is 9.53 Å². The highest BCUT2D eigenvalue weighted by atomic mass is 16.6. The van der Waals surface area contributed by atoms with Crippen molar-refractivity contribution in [3.63, 3.8) is 0 Å². The lowest BCUT2D eigenvalue weighted by Crippen LogP contribution is -2.39. The first-order valence-corrected chi connectivity index (χ1v) is 4.65. The molecule has 1 aliphatic heterocycles. The lowest BCUT2D eigenvalue weighted by molar-refractivity contribution is 0.176. The van der Waals surface area contributed by atoms with E-state index in [4.69, 9.17) is 10.5 Å². The Morgan fingerprint density at radius 2 is 2.60 bits per heavy atom. The number of allylic oxidation sites excluding steroid dienone is 3. The molecule has 0 spiro atoms. The number of alkyl carbamates (subject to hydrolysis) is 1. The van der Waals surface area contributed by atoms with E-state index in [-0.39, 0.29) is 6.17 Å². The van der Waals surface area contributed by atoms with Crippen LogP contribution in [0.2, 0.25) is 0 Å². The monoisotopic (exact) mass is 209 g/mol. The highest BCUT2D eigenvalue weighted by Gasteiger charge is 2.21. The van der Waals surface area contributed by atoms with Crippen LogP contribution < -0.4 is 16.4 Å². The van der Waals surface area contributed by atoms with Crippen LogP contribution in [0.3, 0.4) is 0 Å². The van der Waals surface area contributed by atoms with Gasteiger partial charge in [-0.2, -0.15) is 0 Å². The number of cyclic esters (lactones) is 1. The number of rotatable bonds is 5. The van der Waals surface area contributed by atoms with Crippen LogP contribution in [-0.2, 0) is 4.74 Å². The average Bonchev–Trinajstić information content (AvgIpc) is 2.61. The quantitative estimate of drug-likeness (QED) is 0.566. The molecule has 0 bridgehead atoms. The number of carbonyl (C=O) groups excluding carboxylic acids is 1. The number of hydrogen-bond acceptors (Lipinski definition) is 4. The van der Waals surface area contributed by atoms with Crippen LogP contribution in [0.25, 0.3) is 0 Å². The molecule has 0 aromatic rings.